The number of carbonyl (C=O) groups excluding carboxylic acids is 1. The lowest BCUT2D eigenvalue weighted by Crippen LogP contribution is -2.44. The molecule has 118 valence electrons. The molecule has 8 heteroatoms. The topological polar surface area (TPSA) is 98.5 Å². The van der Waals surface area contributed by atoms with Gasteiger partial charge in [-0.2, -0.15) is 0 Å². The summed E-state index contributed by atoms with van der Waals surface area (Å²) in [5.74, 6) is -0.355. The van der Waals surface area contributed by atoms with E-state index >= 15 is 0 Å². The number of hydrogen-bond donors (Lipinski definition) is 2. The molecule has 1 aromatic rings. The normalized spacial score (nSPS) is 23.0. The van der Waals surface area contributed by atoms with Gasteiger partial charge < -0.3 is 10.5 Å². The lowest BCUT2D eigenvalue weighted by Gasteiger charge is -2.30. The highest BCUT2D eigenvalue weighted by Gasteiger charge is 2.29. The van der Waals surface area contributed by atoms with Crippen molar-refractivity contribution in [3.8, 4) is 0 Å². The zero-order chi connectivity index (χ0) is 15.5. The van der Waals surface area contributed by atoms with Crippen LogP contribution in [0.25, 0.3) is 0 Å². The van der Waals surface area contributed by atoms with E-state index < -0.39 is 16.0 Å². The van der Waals surface area contributed by atoms with E-state index in [1.165, 1.54) is 18.6 Å². The first-order chi connectivity index (χ1) is 9.97. The molecule has 0 spiro atoms. The molecule has 1 heterocycles. The molecule has 21 heavy (non-hydrogen) atoms. The first-order valence-corrected chi connectivity index (χ1v) is 9.23. The van der Waals surface area contributed by atoms with E-state index in [4.69, 9.17) is 5.73 Å². The number of sulfonamides is 1. The maximum atomic E-state index is 12.4. The van der Waals surface area contributed by atoms with E-state index in [9.17, 15) is 13.2 Å². The molecule has 2 unspecified atom stereocenters. The monoisotopic (exact) mass is 332 g/mol. The van der Waals surface area contributed by atoms with Gasteiger partial charge in [-0.25, -0.2) is 17.9 Å². The molecule has 2 atom stereocenters. The van der Waals surface area contributed by atoms with Gasteiger partial charge in [-0.3, -0.25) is 0 Å². The molecule has 0 aromatic carbocycles. The van der Waals surface area contributed by atoms with Crippen molar-refractivity contribution < 1.29 is 17.9 Å². The summed E-state index contributed by atoms with van der Waals surface area (Å²) < 4.78 is 32.1. The Bertz CT molecular complexity index is 597. The van der Waals surface area contributed by atoms with Crippen LogP contribution in [0.3, 0.4) is 0 Å². The van der Waals surface area contributed by atoms with Crippen LogP contribution in [0.4, 0.5) is 0 Å². The van der Waals surface area contributed by atoms with Crippen molar-refractivity contribution >= 4 is 27.3 Å². The van der Waals surface area contributed by atoms with Crippen LogP contribution in [0.15, 0.2) is 16.3 Å². The standard InChI is InChI=1S/C13H20N2O4S2/c1-19-13(16)12-6-10(8-20-12)21(17,18)15-11-5-3-2-4-9(11)7-14/h6,8-9,11,15H,2-5,7,14H2,1H3. The van der Waals surface area contributed by atoms with Gasteiger partial charge in [0.15, 0.2) is 0 Å². The van der Waals surface area contributed by atoms with Crippen molar-refractivity contribution in [2.75, 3.05) is 13.7 Å². The van der Waals surface area contributed by atoms with Gasteiger partial charge in [0, 0.05) is 11.4 Å². The number of carbonyl (C=O) groups is 1. The fourth-order valence-corrected chi connectivity index (χ4v) is 5.11. The molecular formula is C13H20N2O4S2. The molecule has 0 radical (unpaired) electrons. The van der Waals surface area contributed by atoms with Crippen molar-refractivity contribution in [1.29, 1.82) is 0 Å². The Morgan fingerprint density at radius 2 is 2.19 bits per heavy atom. The van der Waals surface area contributed by atoms with E-state index in [2.05, 4.69) is 9.46 Å². The lowest BCUT2D eigenvalue weighted by molar-refractivity contribution is 0.0606. The van der Waals surface area contributed by atoms with Crippen molar-refractivity contribution in [3.63, 3.8) is 0 Å². The van der Waals surface area contributed by atoms with E-state index in [0.29, 0.717) is 6.54 Å². The van der Waals surface area contributed by atoms with Crippen LogP contribution in [-0.4, -0.2) is 34.1 Å². The van der Waals surface area contributed by atoms with Crippen LogP contribution in [-0.2, 0) is 14.8 Å². The summed E-state index contributed by atoms with van der Waals surface area (Å²) in [6.07, 6.45) is 3.83. The summed E-state index contributed by atoms with van der Waals surface area (Å²) in [5, 5.41) is 1.45. The van der Waals surface area contributed by atoms with Crippen molar-refractivity contribution in [1.82, 2.24) is 4.72 Å². The number of esters is 1. The maximum Gasteiger partial charge on any atom is 0.348 e. The molecule has 0 saturated heterocycles. The number of nitrogens with one attached hydrogen (secondary N) is 1. The minimum atomic E-state index is -3.63. The van der Waals surface area contributed by atoms with E-state index in [-0.39, 0.29) is 21.7 Å². The number of ether oxygens (including phenoxy) is 1. The van der Waals surface area contributed by atoms with Crippen LogP contribution in [0.2, 0.25) is 0 Å². The van der Waals surface area contributed by atoms with Gasteiger partial charge in [0.05, 0.1) is 12.0 Å². The average molecular weight is 332 g/mol. The zero-order valence-corrected chi connectivity index (χ0v) is 13.5. The number of nitrogens with two attached hydrogens (primary N) is 1. The van der Waals surface area contributed by atoms with E-state index in [1.54, 1.807) is 0 Å². The predicted octanol–water partition coefficient (Wildman–Crippen LogP) is 1.33. The summed E-state index contributed by atoms with van der Waals surface area (Å²) in [6, 6.07) is 1.22. The van der Waals surface area contributed by atoms with Gasteiger partial charge in [-0.05, 0) is 31.4 Å². The minimum Gasteiger partial charge on any atom is -0.465 e. The second kappa shape index (κ2) is 6.87. The fourth-order valence-electron chi connectivity index (χ4n) is 2.58. The third kappa shape index (κ3) is 3.82. The average Bonchev–Trinajstić information content (AvgIpc) is 2.97. The lowest BCUT2D eigenvalue weighted by atomic mass is 9.85. The molecule has 1 aliphatic carbocycles. The second-order valence-corrected chi connectivity index (χ2v) is 7.77. The molecule has 1 saturated carbocycles. The molecule has 0 aliphatic heterocycles. The predicted molar refractivity (Wildman–Crippen MR) is 80.8 cm³/mol. The van der Waals surface area contributed by atoms with Crippen LogP contribution < -0.4 is 10.5 Å². The summed E-state index contributed by atoms with van der Waals surface area (Å²) in [7, 11) is -2.36. The maximum absolute atomic E-state index is 12.4. The van der Waals surface area contributed by atoms with Crippen LogP contribution in [0, 0.1) is 5.92 Å². The minimum absolute atomic E-state index is 0.106. The largest absolute Gasteiger partial charge is 0.465 e. The second-order valence-electron chi connectivity index (χ2n) is 5.15. The Morgan fingerprint density at radius 3 is 2.86 bits per heavy atom. The first-order valence-electron chi connectivity index (χ1n) is 6.87. The number of rotatable bonds is 5. The number of methoxy groups -OCH3 is 1. The summed E-state index contributed by atoms with van der Waals surface area (Å²) in [5.41, 5.74) is 5.72. The van der Waals surface area contributed by atoms with Crippen LogP contribution >= 0.6 is 11.3 Å². The van der Waals surface area contributed by atoms with Gasteiger partial charge >= 0.3 is 5.97 Å². The molecule has 6 nitrogen and oxygen atoms in total. The SMILES string of the molecule is COC(=O)c1cc(S(=O)(=O)NC2CCCCC2CN)cs1. The molecule has 0 bridgehead atoms. The molecule has 1 fully saturated rings. The van der Waals surface area contributed by atoms with Crippen molar-refractivity contribution in [2.24, 2.45) is 11.7 Å². The fraction of sp³-hybridized carbons (Fsp3) is 0.615. The smallest absolute Gasteiger partial charge is 0.348 e. The molecule has 1 aromatic heterocycles. The van der Waals surface area contributed by atoms with Crippen LogP contribution in [0.1, 0.15) is 35.4 Å². The molecule has 2 rings (SSSR count). The van der Waals surface area contributed by atoms with Crippen molar-refractivity contribution in [3.05, 3.63) is 16.3 Å². The Kier molecular flexibility index (Phi) is 5.37. The van der Waals surface area contributed by atoms with Crippen molar-refractivity contribution in [2.45, 2.75) is 36.6 Å². The van der Waals surface area contributed by atoms with Crippen LogP contribution in [0.5, 0.6) is 0 Å². The van der Waals surface area contributed by atoms with Gasteiger partial charge in [0.2, 0.25) is 10.0 Å². The quantitative estimate of drug-likeness (QED) is 0.793. The Morgan fingerprint density at radius 1 is 1.48 bits per heavy atom. The summed E-state index contributed by atoms with van der Waals surface area (Å²) >= 11 is 1.06. The molecule has 1 aliphatic rings. The third-order valence-corrected chi connectivity index (χ3v) is 6.32. The highest BCUT2D eigenvalue weighted by molar-refractivity contribution is 7.89. The Balaban J connectivity index is 2.14. The van der Waals surface area contributed by atoms with Gasteiger partial charge in [-0.15, -0.1) is 11.3 Å². The van der Waals surface area contributed by atoms with Gasteiger partial charge in [0.1, 0.15) is 4.88 Å². The van der Waals surface area contributed by atoms with E-state index in [0.717, 1.165) is 37.0 Å². The molecule has 3 N–H and O–H groups in total. The molecule has 0 amide bonds. The van der Waals surface area contributed by atoms with Gasteiger partial charge in [-0.1, -0.05) is 12.8 Å². The highest BCUT2D eigenvalue weighted by Crippen LogP contribution is 2.26. The first kappa shape index (κ1) is 16.4. The number of hydrogen-bond acceptors (Lipinski definition) is 6. The summed E-state index contributed by atoms with van der Waals surface area (Å²) in [4.78, 5) is 11.8. The summed E-state index contributed by atoms with van der Waals surface area (Å²) in [6.45, 7) is 0.476. The molecular weight excluding hydrogens is 312 g/mol. The Hall–Kier alpha value is -0.960. The highest BCUT2D eigenvalue weighted by atomic mass is 32.2. The van der Waals surface area contributed by atoms with Gasteiger partial charge in [0.25, 0.3) is 0 Å². The van der Waals surface area contributed by atoms with E-state index in [1.807, 2.05) is 0 Å². The Labute approximate surface area is 128 Å². The third-order valence-electron chi connectivity index (χ3n) is 3.79. The zero-order valence-electron chi connectivity index (χ0n) is 11.9. The number of thiophene rings is 1.